The zero-order valence-electron chi connectivity index (χ0n) is 15.7. The molecule has 0 unspecified atom stereocenters. The molecule has 0 aliphatic carbocycles. The standard InChI is InChI=1S/C21H21FN4O2/c1-13(2)14-5-9-17(10-6-14)23-21(27)20-18-12-28-19(11-26(18)25-24-20)15-3-7-16(22)8-4-15/h3-10,13,19H,11-12H2,1-2H3,(H,23,27)/t19-/m0/s1. The van der Waals surface area contributed by atoms with Gasteiger partial charge in [-0.25, -0.2) is 9.07 Å². The highest BCUT2D eigenvalue weighted by molar-refractivity contribution is 6.03. The predicted octanol–water partition coefficient (Wildman–Crippen LogP) is 4.06. The van der Waals surface area contributed by atoms with Gasteiger partial charge in [-0.15, -0.1) is 5.10 Å². The van der Waals surface area contributed by atoms with Crippen LogP contribution in [0.1, 0.15) is 53.2 Å². The second-order valence-corrected chi connectivity index (χ2v) is 7.15. The number of fused-ring (bicyclic) bond motifs is 1. The van der Waals surface area contributed by atoms with Crippen molar-refractivity contribution in [2.24, 2.45) is 0 Å². The van der Waals surface area contributed by atoms with Crippen LogP contribution < -0.4 is 5.32 Å². The molecule has 0 saturated carbocycles. The molecule has 6 nitrogen and oxygen atoms in total. The van der Waals surface area contributed by atoms with Crippen LogP contribution in [-0.4, -0.2) is 20.9 Å². The van der Waals surface area contributed by atoms with Crippen LogP contribution in [0.2, 0.25) is 0 Å². The van der Waals surface area contributed by atoms with Crippen molar-refractivity contribution in [1.29, 1.82) is 0 Å². The van der Waals surface area contributed by atoms with Crippen LogP contribution in [0, 0.1) is 5.82 Å². The van der Waals surface area contributed by atoms with Gasteiger partial charge in [-0.3, -0.25) is 4.79 Å². The van der Waals surface area contributed by atoms with Crippen molar-refractivity contribution < 1.29 is 13.9 Å². The van der Waals surface area contributed by atoms with Crippen LogP contribution in [0.25, 0.3) is 0 Å². The summed E-state index contributed by atoms with van der Waals surface area (Å²) in [7, 11) is 0. The summed E-state index contributed by atoms with van der Waals surface area (Å²) < 4.78 is 20.7. The Kier molecular flexibility index (Phi) is 4.92. The first kappa shape index (κ1) is 18.3. The Balaban J connectivity index is 1.47. The fraction of sp³-hybridized carbons (Fsp3) is 0.286. The summed E-state index contributed by atoms with van der Waals surface area (Å²) in [5.41, 5.74) is 3.66. The molecular formula is C21H21FN4O2. The SMILES string of the molecule is CC(C)c1ccc(NC(=O)c2nnn3c2CO[C@H](c2ccc(F)cc2)C3)cc1. The Morgan fingerprint density at radius 3 is 2.57 bits per heavy atom. The van der Waals surface area contributed by atoms with Gasteiger partial charge in [-0.2, -0.15) is 0 Å². The molecule has 4 rings (SSSR count). The third kappa shape index (κ3) is 3.66. The van der Waals surface area contributed by atoms with Gasteiger partial charge in [0.2, 0.25) is 0 Å². The second-order valence-electron chi connectivity index (χ2n) is 7.15. The molecular weight excluding hydrogens is 359 g/mol. The Hall–Kier alpha value is -3.06. The van der Waals surface area contributed by atoms with Crippen LogP contribution in [0.15, 0.2) is 48.5 Å². The summed E-state index contributed by atoms with van der Waals surface area (Å²) in [5.74, 6) is -0.177. The first-order chi connectivity index (χ1) is 13.5. The number of ether oxygens (including phenoxy) is 1. The lowest BCUT2D eigenvalue weighted by Gasteiger charge is -2.24. The number of nitrogens with zero attached hydrogens (tertiary/aromatic N) is 3. The molecule has 1 aliphatic rings. The van der Waals surface area contributed by atoms with Gasteiger partial charge in [0, 0.05) is 5.69 Å². The number of aromatic nitrogens is 3. The smallest absolute Gasteiger partial charge is 0.278 e. The van der Waals surface area contributed by atoms with Crippen LogP contribution in [0.4, 0.5) is 10.1 Å². The van der Waals surface area contributed by atoms with Crippen molar-refractivity contribution in [1.82, 2.24) is 15.0 Å². The van der Waals surface area contributed by atoms with E-state index in [0.717, 1.165) is 5.56 Å². The molecule has 2 heterocycles. The van der Waals surface area contributed by atoms with Gasteiger partial charge in [0.15, 0.2) is 5.69 Å². The van der Waals surface area contributed by atoms with Crippen LogP contribution >= 0.6 is 0 Å². The van der Waals surface area contributed by atoms with Gasteiger partial charge in [0.1, 0.15) is 11.9 Å². The van der Waals surface area contributed by atoms with E-state index in [4.69, 9.17) is 4.74 Å². The molecule has 0 radical (unpaired) electrons. The molecule has 1 atom stereocenters. The second kappa shape index (κ2) is 7.52. The van der Waals surface area contributed by atoms with E-state index in [1.807, 2.05) is 24.3 Å². The van der Waals surface area contributed by atoms with Gasteiger partial charge >= 0.3 is 0 Å². The van der Waals surface area contributed by atoms with E-state index < -0.39 is 0 Å². The highest BCUT2D eigenvalue weighted by atomic mass is 19.1. The van der Waals surface area contributed by atoms with Gasteiger partial charge < -0.3 is 10.1 Å². The molecule has 0 spiro atoms. The van der Waals surface area contributed by atoms with Crippen LogP contribution in [0.5, 0.6) is 0 Å². The summed E-state index contributed by atoms with van der Waals surface area (Å²) in [5, 5.41) is 11.0. The Bertz CT molecular complexity index is 981. The van der Waals surface area contributed by atoms with Crippen molar-refractivity contribution >= 4 is 11.6 Å². The average molecular weight is 380 g/mol. The topological polar surface area (TPSA) is 69.0 Å². The number of anilines is 1. The molecule has 0 fully saturated rings. The highest BCUT2D eigenvalue weighted by Crippen LogP contribution is 2.27. The molecule has 1 aliphatic heterocycles. The number of amides is 1. The van der Waals surface area contributed by atoms with E-state index in [2.05, 4.69) is 29.5 Å². The predicted molar refractivity (Wildman–Crippen MR) is 102 cm³/mol. The van der Waals surface area contributed by atoms with E-state index in [9.17, 15) is 9.18 Å². The Morgan fingerprint density at radius 2 is 1.89 bits per heavy atom. The van der Waals surface area contributed by atoms with Crippen LogP contribution in [-0.2, 0) is 17.9 Å². The first-order valence-corrected chi connectivity index (χ1v) is 9.22. The zero-order chi connectivity index (χ0) is 19.7. The normalized spacial score (nSPS) is 16.1. The molecule has 1 amide bonds. The maximum Gasteiger partial charge on any atom is 0.278 e. The molecule has 0 bridgehead atoms. The van der Waals surface area contributed by atoms with Crippen molar-refractivity contribution in [2.75, 3.05) is 5.32 Å². The number of rotatable bonds is 4. The highest BCUT2D eigenvalue weighted by Gasteiger charge is 2.27. The van der Waals surface area contributed by atoms with E-state index in [0.29, 0.717) is 23.8 Å². The minimum absolute atomic E-state index is 0.212. The van der Waals surface area contributed by atoms with Gasteiger partial charge in [0.05, 0.1) is 18.8 Å². The van der Waals surface area contributed by atoms with E-state index in [1.54, 1.807) is 16.8 Å². The fourth-order valence-corrected chi connectivity index (χ4v) is 3.21. The van der Waals surface area contributed by atoms with Crippen molar-refractivity contribution in [3.8, 4) is 0 Å². The van der Waals surface area contributed by atoms with Crippen molar-refractivity contribution in [2.45, 2.75) is 39.0 Å². The Labute approximate surface area is 162 Å². The van der Waals surface area contributed by atoms with Crippen molar-refractivity contribution in [3.05, 3.63) is 76.9 Å². The molecule has 7 heteroatoms. The molecule has 3 aromatic rings. The minimum Gasteiger partial charge on any atom is -0.365 e. The molecule has 2 aromatic carbocycles. The number of halogens is 1. The lowest BCUT2D eigenvalue weighted by Crippen LogP contribution is -2.24. The number of benzene rings is 2. The summed E-state index contributed by atoms with van der Waals surface area (Å²) in [4.78, 5) is 12.6. The zero-order valence-corrected chi connectivity index (χ0v) is 15.7. The summed E-state index contributed by atoms with van der Waals surface area (Å²) in [6, 6.07) is 13.9. The number of hydrogen-bond acceptors (Lipinski definition) is 4. The third-order valence-electron chi connectivity index (χ3n) is 4.89. The summed E-state index contributed by atoms with van der Waals surface area (Å²) in [6.07, 6.45) is -0.255. The van der Waals surface area contributed by atoms with Gasteiger partial charge in [0.25, 0.3) is 5.91 Å². The molecule has 1 aromatic heterocycles. The number of carbonyl (C=O) groups excluding carboxylic acids is 1. The fourth-order valence-electron chi connectivity index (χ4n) is 3.21. The maximum absolute atomic E-state index is 13.1. The lowest BCUT2D eigenvalue weighted by molar-refractivity contribution is -0.00174. The Morgan fingerprint density at radius 1 is 1.18 bits per heavy atom. The van der Waals surface area contributed by atoms with Crippen LogP contribution in [0.3, 0.4) is 0 Å². The van der Waals surface area contributed by atoms with E-state index in [-0.39, 0.29) is 30.1 Å². The first-order valence-electron chi connectivity index (χ1n) is 9.22. The molecule has 1 N–H and O–H groups in total. The number of carbonyl (C=O) groups is 1. The minimum atomic E-state index is -0.317. The largest absolute Gasteiger partial charge is 0.365 e. The van der Waals surface area contributed by atoms with Crippen molar-refractivity contribution in [3.63, 3.8) is 0 Å². The van der Waals surface area contributed by atoms with E-state index in [1.165, 1.54) is 17.7 Å². The van der Waals surface area contributed by atoms with Gasteiger partial charge in [-0.1, -0.05) is 43.3 Å². The summed E-state index contributed by atoms with van der Waals surface area (Å²) >= 11 is 0. The third-order valence-corrected chi connectivity index (χ3v) is 4.89. The lowest BCUT2D eigenvalue weighted by atomic mass is 10.0. The monoisotopic (exact) mass is 380 g/mol. The number of nitrogens with one attached hydrogen (secondary N) is 1. The molecule has 28 heavy (non-hydrogen) atoms. The maximum atomic E-state index is 13.1. The number of hydrogen-bond donors (Lipinski definition) is 1. The molecule has 144 valence electrons. The quantitative estimate of drug-likeness (QED) is 0.741. The van der Waals surface area contributed by atoms with E-state index >= 15 is 0 Å². The van der Waals surface area contributed by atoms with Gasteiger partial charge in [-0.05, 0) is 41.3 Å². The molecule has 0 saturated heterocycles. The summed E-state index contributed by atoms with van der Waals surface area (Å²) in [6.45, 7) is 4.88. The average Bonchev–Trinajstić information content (AvgIpc) is 3.12.